The van der Waals surface area contributed by atoms with Crippen LogP contribution in [-0.4, -0.2) is 35.6 Å². The van der Waals surface area contributed by atoms with E-state index in [4.69, 9.17) is 0 Å². The van der Waals surface area contributed by atoms with E-state index in [0.29, 0.717) is 6.04 Å². The van der Waals surface area contributed by atoms with Crippen molar-refractivity contribution in [2.75, 3.05) is 29.4 Å². The summed E-state index contributed by atoms with van der Waals surface area (Å²) in [5.41, 5.74) is 0. The highest BCUT2D eigenvalue weighted by atomic mass is 15.3. The van der Waals surface area contributed by atoms with E-state index in [1.807, 2.05) is 0 Å². The largest absolute Gasteiger partial charge is 0.356 e. The maximum atomic E-state index is 4.52. The van der Waals surface area contributed by atoms with Crippen LogP contribution in [0.2, 0.25) is 0 Å². The molecule has 0 N–H and O–H groups in total. The SMILES string of the molecule is CCC1CCCCN1c1cc(N2CCCC2)ncn1. The van der Waals surface area contributed by atoms with E-state index in [1.54, 1.807) is 6.33 Å². The molecule has 4 nitrogen and oxygen atoms in total. The second-order valence-electron chi connectivity index (χ2n) is 5.68. The summed E-state index contributed by atoms with van der Waals surface area (Å²) < 4.78 is 0. The zero-order valence-electron chi connectivity index (χ0n) is 11.9. The van der Waals surface area contributed by atoms with Crippen LogP contribution < -0.4 is 9.80 Å². The van der Waals surface area contributed by atoms with Gasteiger partial charge in [0.05, 0.1) is 0 Å². The normalized spacial score (nSPS) is 23.9. The van der Waals surface area contributed by atoms with Crippen molar-refractivity contribution in [1.29, 1.82) is 0 Å². The molecule has 1 aromatic rings. The lowest BCUT2D eigenvalue weighted by atomic mass is 10.0. The number of nitrogens with zero attached hydrogens (tertiary/aromatic N) is 4. The molecule has 3 rings (SSSR count). The highest BCUT2D eigenvalue weighted by molar-refractivity contribution is 5.51. The summed E-state index contributed by atoms with van der Waals surface area (Å²) in [6, 6.07) is 2.86. The lowest BCUT2D eigenvalue weighted by Gasteiger charge is -2.36. The number of rotatable bonds is 3. The molecule has 0 spiro atoms. The van der Waals surface area contributed by atoms with Gasteiger partial charge in [-0.2, -0.15) is 0 Å². The van der Waals surface area contributed by atoms with Gasteiger partial charge in [0.2, 0.25) is 0 Å². The quantitative estimate of drug-likeness (QED) is 0.836. The molecular formula is C15H24N4. The molecule has 2 aliphatic rings. The molecule has 1 aromatic heterocycles. The molecular weight excluding hydrogens is 236 g/mol. The van der Waals surface area contributed by atoms with Gasteiger partial charge in [0.25, 0.3) is 0 Å². The number of anilines is 2. The van der Waals surface area contributed by atoms with Crippen molar-refractivity contribution in [2.24, 2.45) is 0 Å². The Balaban J connectivity index is 1.81. The van der Waals surface area contributed by atoms with E-state index in [-0.39, 0.29) is 0 Å². The zero-order chi connectivity index (χ0) is 13.1. The molecule has 2 saturated heterocycles. The molecule has 1 unspecified atom stereocenters. The minimum atomic E-state index is 0.662. The Labute approximate surface area is 115 Å². The number of piperidine rings is 1. The van der Waals surface area contributed by atoms with E-state index in [2.05, 4.69) is 32.8 Å². The van der Waals surface area contributed by atoms with Crippen LogP contribution in [0, 0.1) is 0 Å². The standard InChI is InChI=1S/C15H24N4/c1-2-13-7-3-4-10-19(13)15-11-14(16-12-17-15)18-8-5-6-9-18/h11-13H,2-10H2,1H3. The molecule has 2 fully saturated rings. The number of aromatic nitrogens is 2. The van der Waals surface area contributed by atoms with Gasteiger partial charge in [-0.15, -0.1) is 0 Å². The lowest BCUT2D eigenvalue weighted by molar-refractivity contribution is 0.446. The fourth-order valence-corrected chi connectivity index (χ4v) is 3.34. The van der Waals surface area contributed by atoms with Gasteiger partial charge in [-0.3, -0.25) is 0 Å². The summed E-state index contributed by atoms with van der Waals surface area (Å²) in [5.74, 6) is 2.24. The van der Waals surface area contributed by atoms with Crippen LogP contribution in [-0.2, 0) is 0 Å². The topological polar surface area (TPSA) is 32.3 Å². The lowest BCUT2D eigenvalue weighted by Crippen LogP contribution is -2.39. The maximum absolute atomic E-state index is 4.52. The van der Waals surface area contributed by atoms with Crippen molar-refractivity contribution in [2.45, 2.75) is 51.5 Å². The smallest absolute Gasteiger partial charge is 0.134 e. The average Bonchev–Trinajstić information content (AvgIpc) is 3.01. The zero-order valence-corrected chi connectivity index (χ0v) is 11.9. The Morgan fingerprint density at radius 3 is 2.58 bits per heavy atom. The molecule has 0 saturated carbocycles. The summed E-state index contributed by atoms with van der Waals surface area (Å²) in [6.07, 6.45) is 9.49. The fraction of sp³-hybridized carbons (Fsp3) is 0.733. The average molecular weight is 260 g/mol. The van der Waals surface area contributed by atoms with Gasteiger partial charge < -0.3 is 9.80 Å². The monoisotopic (exact) mass is 260 g/mol. The van der Waals surface area contributed by atoms with Crippen LogP contribution in [0.15, 0.2) is 12.4 Å². The molecule has 104 valence electrons. The molecule has 1 atom stereocenters. The molecule has 0 amide bonds. The maximum Gasteiger partial charge on any atom is 0.134 e. The Bertz CT molecular complexity index is 414. The van der Waals surface area contributed by atoms with Crippen LogP contribution in [0.3, 0.4) is 0 Å². The van der Waals surface area contributed by atoms with Gasteiger partial charge in [-0.1, -0.05) is 6.92 Å². The third-order valence-electron chi connectivity index (χ3n) is 4.46. The third kappa shape index (κ3) is 2.67. The van der Waals surface area contributed by atoms with Crippen LogP contribution in [0.25, 0.3) is 0 Å². The molecule has 3 heterocycles. The van der Waals surface area contributed by atoms with Crippen LogP contribution in [0.5, 0.6) is 0 Å². The summed E-state index contributed by atoms with van der Waals surface area (Å²) in [5, 5.41) is 0. The Hall–Kier alpha value is -1.32. The van der Waals surface area contributed by atoms with Gasteiger partial charge in [0.1, 0.15) is 18.0 Å². The van der Waals surface area contributed by atoms with Gasteiger partial charge in [0.15, 0.2) is 0 Å². The second-order valence-corrected chi connectivity index (χ2v) is 5.68. The Morgan fingerprint density at radius 1 is 1.05 bits per heavy atom. The fourth-order valence-electron chi connectivity index (χ4n) is 3.34. The third-order valence-corrected chi connectivity index (χ3v) is 4.46. The predicted molar refractivity (Wildman–Crippen MR) is 78.8 cm³/mol. The van der Waals surface area contributed by atoms with E-state index >= 15 is 0 Å². The second kappa shape index (κ2) is 5.76. The Kier molecular flexibility index (Phi) is 3.85. The first-order valence-electron chi connectivity index (χ1n) is 7.72. The molecule has 0 bridgehead atoms. The summed E-state index contributed by atoms with van der Waals surface area (Å²) in [6.45, 7) is 5.72. The van der Waals surface area contributed by atoms with E-state index in [1.165, 1.54) is 38.5 Å². The Morgan fingerprint density at radius 2 is 1.79 bits per heavy atom. The van der Waals surface area contributed by atoms with E-state index in [0.717, 1.165) is 31.3 Å². The first kappa shape index (κ1) is 12.7. The van der Waals surface area contributed by atoms with Crippen LogP contribution in [0.1, 0.15) is 45.4 Å². The molecule has 19 heavy (non-hydrogen) atoms. The van der Waals surface area contributed by atoms with Crippen LogP contribution in [0.4, 0.5) is 11.6 Å². The molecule has 0 aliphatic carbocycles. The van der Waals surface area contributed by atoms with Crippen LogP contribution >= 0.6 is 0 Å². The first-order chi connectivity index (χ1) is 9.38. The predicted octanol–water partition coefficient (Wildman–Crippen LogP) is 2.85. The van der Waals surface area contributed by atoms with Crippen molar-refractivity contribution in [3.63, 3.8) is 0 Å². The molecule has 4 heteroatoms. The summed E-state index contributed by atoms with van der Waals surface area (Å²) >= 11 is 0. The minimum Gasteiger partial charge on any atom is -0.356 e. The molecule has 0 aromatic carbocycles. The van der Waals surface area contributed by atoms with Crippen molar-refractivity contribution in [3.8, 4) is 0 Å². The van der Waals surface area contributed by atoms with Gasteiger partial charge >= 0.3 is 0 Å². The summed E-state index contributed by atoms with van der Waals surface area (Å²) in [7, 11) is 0. The van der Waals surface area contributed by atoms with Crippen molar-refractivity contribution >= 4 is 11.6 Å². The van der Waals surface area contributed by atoms with Gasteiger partial charge in [-0.25, -0.2) is 9.97 Å². The molecule has 2 aliphatic heterocycles. The highest BCUT2D eigenvalue weighted by Gasteiger charge is 2.23. The van der Waals surface area contributed by atoms with Gasteiger partial charge in [0, 0.05) is 31.7 Å². The number of hydrogen-bond acceptors (Lipinski definition) is 4. The minimum absolute atomic E-state index is 0.662. The van der Waals surface area contributed by atoms with E-state index in [9.17, 15) is 0 Å². The van der Waals surface area contributed by atoms with Gasteiger partial charge in [-0.05, 0) is 38.5 Å². The summed E-state index contributed by atoms with van der Waals surface area (Å²) in [4.78, 5) is 13.9. The first-order valence-corrected chi connectivity index (χ1v) is 7.72. The highest BCUT2D eigenvalue weighted by Crippen LogP contribution is 2.27. The number of hydrogen-bond donors (Lipinski definition) is 0. The van der Waals surface area contributed by atoms with Crippen molar-refractivity contribution in [1.82, 2.24) is 9.97 Å². The van der Waals surface area contributed by atoms with Crippen molar-refractivity contribution < 1.29 is 0 Å². The van der Waals surface area contributed by atoms with E-state index < -0.39 is 0 Å². The molecule has 0 radical (unpaired) electrons. The van der Waals surface area contributed by atoms with Crippen molar-refractivity contribution in [3.05, 3.63) is 12.4 Å².